The fourth-order valence-electron chi connectivity index (χ4n) is 6.96. The van der Waals surface area contributed by atoms with Gasteiger partial charge in [0.1, 0.15) is 18.2 Å². The van der Waals surface area contributed by atoms with Crippen LogP contribution in [0.1, 0.15) is 64.5 Å². The first kappa shape index (κ1) is 34.8. The monoisotopic (exact) mass is 687 g/mol. The number of amides is 3. The van der Waals surface area contributed by atoms with E-state index in [-0.39, 0.29) is 49.4 Å². The molecule has 11 heteroatoms. The molecule has 3 aliphatic heterocycles. The number of ether oxygens (including phenoxy) is 2. The fraction of sp³-hybridized carbons (Fsp3) is 0.588. The number of carbonyl (C=O) groups excluding carboxylic acids is 4. The minimum atomic E-state index is -1.21. The molecule has 3 fully saturated rings. The summed E-state index contributed by atoms with van der Waals surface area (Å²) in [7, 11) is 0. The highest BCUT2D eigenvalue weighted by atomic mass is 79.9. The van der Waals surface area contributed by atoms with Crippen LogP contribution in [-0.2, 0) is 28.7 Å². The van der Waals surface area contributed by atoms with E-state index in [0.717, 1.165) is 5.56 Å². The summed E-state index contributed by atoms with van der Waals surface area (Å²) in [4.78, 5) is 58.3. The number of allylic oxidation sites excluding steroid dienone is 1. The number of benzene rings is 1. The number of aliphatic hydroxyl groups is 1. The van der Waals surface area contributed by atoms with Gasteiger partial charge in [-0.15, -0.1) is 13.2 Å². The number of fused-ring (bicyclic) bond motifs is 1. The van der Waals surface area contributed by atoms with E-state index in [1.54, 1.807) is 22.0 Å². The predicted octanol–water partition coefficient (Wildman–Crippen LogP) is 3.69. The van der Waals surface area contributed by atoms with Crippen molar-refractivity contribution in [1.29, 1.82) is 0 Å². The Hall–Kier alpha value is -3.02. The van der Waals surface area contributed by atoms with Gasteiger partial charge < -0.3 is 29.7 Å². The van der Waals surface area contributed by atoms with Crippen LogP contribution in [0.25, 0.3) is 0 Å². The molecule has 10 nitrogen and oxygen atoms in total. The Labute approximate surface area is 274 Å². The highest BCUT2D eigenvalue weighted by molar-refractivity contribution is 9.09. The van der Waals surface area contributed by atoms with E-state index >= 15 is 0 Å². The van der Waals surface area contributed by atoms with Gasteiger partial charge in [-0.25, -0.2) is 0 Å². The number of hydrogen-bond acceptors (Lipinski definition) is 7. The number of halogens is 1. The maximum absolute atomic E-state index is 14.5. The van der Waals surface area contributed by atoms with Crippen molar-refractivity contribution < 1.29 is 33.8 Å². The first-order chi connectivity index (χ1) is 21.4. The lowest BCUT2D eigenvalue weighted by atomic mass is 9.70. The maximum Gasteiger partial charge on any atom is 0.306 e. The minimum Gasteiger partial charge on any atom is -0.463 e. The van der Waals surface area contributed by atoms with Crippen molar-refractivity contribution in [2.75, 3.05) is 26.3 Å². The van der Waals surface area contributed by atoms with Crippen LogP contribution in [0.5, 0.6) is 0 Å². The molecule has 1 unspecified atom stereocenters. The molecule has 2 N–H and O–H groups in total. The highest BCUT2D eigenvalue weighted by Crippen LogP contribution is 2.60. The summed E-state index contributed by atoms with van der Waals surface area (Å²) < 4.78 is 12.2. The third-order valence-corrected chi connectivity index (χ3v) is 9.85. The van der Waals surface area contributed by atoms with Crippen LogP contribution >= 0.6 is 15.9 Å². The first-order valence-corrected chi connectivity index (χ1v) is 16.6. The van der Waals surface area contributed by atoms with Gasteiger partial charge in [0, 0.05) is 36.5 Å². The Morgan fingerprint density at radius 3 is 2.56 bits per heavy atom. The topological polar surface area (TPSA) is 125 Å². The number of alkyl halides is 1. The van der Waals surface area contributed by atoms with Gasteiger partial charge >= 0.3 is 5.97 Å². The summed E-state index contributed by atoms with van der Waals surface area (Å²) in [5.74, 6) is -3.11. The fourth-order valence-corrected chi connectivity index (χ4v) is 7.90. The van der Waals surface area contributed by atoms with Gasteiger partial charge in [-0.3, -0.25) is 19.2 Å². The van der Waals surface area contributed by atoms with Crippen molar-refractivity contribution >= 4 is 39.6 Å². The standard InChI is InChI=1S/C34H46BrN3O7/c1-6-8-16-25(40)44-21-24(22-14-10-9-11-15-22)36-30(41)26-27-31(42)37(18-12-13-19-39)29(34(27)20-23(35)28(26)45-34)32(43)38(17-7-2)33(3,4)5/h6-7,9-11,14-15,23-24,26-29,39H,1-2,8,12-13,16-21H2,3-5H3,(H,36,41)/t23?,24-,26+,27-,28+,29+,34-/m1/s1. The molecular formula is C34H46BrN3O7. The molecule has 45 heavy (non-hydrogen) atoms. The second-order valence-corrected chi connectivity index (χ2v) is 14.2. The molecular weight excluding hydrogens is 642 g/mol. The molecule has 3 aliphatic rings. The third kappa shape index (κ3) is 7.05. The van der Waals surface area contributed by atoms with Gasteiger partial charge in [-0.1, -0.05) is 58.4 Å². The second kappa shape index (κ2) is 14.6. The smallest absolute Gasteiger partial charge is 0.306 e. The lowest BCUT2D eigenvalue weighted by Crippen LogP contribution is -2.60. The average molecular weight is 689 g/mol. The summed E-state index contributed by atoms with van der Waals surface area (Å²) in [6.45, 7) is 13.7. The van der Waals surface area contributed by atoms with E-state index in [4.69, 9.17) is 9.47 Å². The molecule has 1 spiro atoms. The zero-order valence-electron chi connectivity index (χ0n) is 26.5. The Morgan fingerprint density at radius 1 is 1.22 bits per heavy atom. The van der Waals surface area contributed by atoms with Gasteiger partial charge in [0.15, 0.2) is 0 Å². The number of esters is 1. The van der Waals surface area contributed by atoms with Crippen molar-refractivity contribution in [2.24, 2.45) is 11.8 Å². The van der Waals surface area contributed by atoms with Crippen molar-refractivity contribution in [2.45, 2.75) is 87.0 Å². The molecule has 4 rings (SSSR count). The largest absolute Gasteiger partial charge is 0.463 e. The molecule has 7 atom stereocenters. The van der Waals surface area contributed by atoms with Crippen LogP contribution in [0, 0.1) is 11.8 Å². The molecule has 1 aromatic carbocycles. The van der Waals surface area contributed by atoms with Crippen molar-refractivity contribution in [3.8, 4) is 0 Å². The van der Waals surface area contributed by atoms with E-state index < -0.39 is 53.0 Å². The highest BCUT2D eigenvalue weighted by Gasteiger charge is 2.76. The van der Waals surface area contributed by atoms with Gasteiger partial charge in [0.25, 0.3) is 0 Å². The summed E-state index contributed by atoms with van der Waals surface area (Å²) in [5, 5.41) is 12.5. The van der Waals surface area contributed by atoms with E-state index in [1.807, 2.05) is 51.1 Å². The number of nitrogens with one attached hydrogen (secondary N) is 1. The maximum atomic E-state index is 14.5. The van der Waals surface area contributed by atoms with Crippen LogP contribution in [0.2, 0.25) is 0 Å². The Bertz CT molecular complexity index is 1270. The van der Waals surface area contributed by atoms with Gasteiger partial charge in [0.05, 0.1) is 24.0 Å². The van der Waals surface area contributed by atoms with Crippen LogP contribution < -0.4 is 5.32 Å². The van der Waals surface area contributed by atoms with Crippen molar-refractivity contribution in [3.63, 3.8) is 0 Å². The van der Waals surface area contributed by atoms with Crippen LogP contribution in [-0.4, -0.2) is 93.0 Å². The van der Waals surface area contributed by atoms with Crippen molar-refractivity contribution in [3.05, 3.63) is 61.2 Å². The molecule has 1 aromatic rings. The number of nitrogens with zero attached hydrogens (tertiary/aromatic N) is 2. The number of aliphatic hydroxyl groups excluding tert-OH is 1. The minimum absolute atomic E-state index is 0.0358. The molecule has 3 saturated heterocycles. The lowest BCUT2D eigenvalue weighted by molar-refractivity contribution is -0.151. The molecule has 0 radical (unpaired) electrons. The first-order valence-electron chi connectivity index (χ1n) is 15.7. The van der Waals surface area contributed by atoms with Crippen LogP contribution in [0.4, 0.5) is 0 Å². The number of carbonyl (C=O) groups is 4. The zero-order chi connectivity index (χ0) is 32.9. The van der Waals surface area contributed by atoms with E-state index in [0.29, 0.717) is 25.7 Å². The number of unbranched alkanes of at least 4 members (excludes halogenated alkanes) is 1. The molecule has 0 aromatic heterocycles. The molecule has 246 valence electrons. The molecule has 3 amide bonds. The van der Waals surface area contributed by atoms with Crippen molar-refractivity contribution in [1.82, 2.24) is 15.1 Å². The van der Waals surface area contributed by atoms with E-state index in [9.17, 15) is 24.3 Å². The third-order valence-electron chi connectivity index (χ3n) is 9.00. The Morgan fingerprint density at radius 2 is 1.93 bits per heavy atom. The molecule has 2 bridgehead atoms. The number of rotatable bonds is 15. The van der Waals surface area contributed by atoms with E-state index in [2.05, 4.69) is 34.4 Å². The predicted molar refractivity (Wildman–Crippen MR) is 173 cm³/mol. The van der Waals surface area contributed by atoms with Gasteiger partial charge in [-0.05, 0) is 52.0 Å². The SMILES string of the molecule is C=CCCC(=O)OC[C@@H](NC(=O)[C@@H]1[C@H]2O[C@@]3(CC2Br)[C@H](C(=O)N(CC=C)C(C)(C)C)N(CCCCO)C(=O)[C@@H]13)c1ccccc1. The molecule has 0 saturated carbocycles. The Kier molecular flexibility index (Phi) is 11.3. The van der Waals surface area contributed by atoms with Gasteiger partial charge in [0.2, 0.25) is 17.7 Å². The van der Waals surface area contributed by atoms with Crippen LogP contribution in [0.3, 0.4) is 0 Å². The second-order valence-electron chi connectivity index (χ2n) is 13.0. The summed E-state index contributed by atoms with van der Waals surface area (Å²) >= 11 is 3.72. The lowest BCUT2D eigenvalue weighted by Gasteiger charge is -2.42. The number of hydrogen-bond donors (Lipinski definition) is 2. The van der Waals surface area contributed by atoms with Crippen LogP contribution in [0.15, 0.2) is 55.6 Å². The normalized spacial score (nSPS) is 27.5. The zero-order valence-corrected chi connectivity index (χ0v) is 28.0. The molecule has 3 heterocycles. The summed E-state index contributed by atoms with van der Waals surface area (Å²) in [6.07, 6.45) is 4.68. The Balaban J connectivity index is 1.67. The summed E-state index contributed by atoms with van der Waals surface area (Å²) in [6, 6.07) is 7.61. The van der Waals surface area contributed by atoms with E-state index in [1.165, 1.54) is 0 Å². The van der Waals surface area contributed by atoms with Gasteiger partial charge in [-0.2, -0.15) is 0 Å². The molecule has 0 aliphatic carbocycles. The number of likely N-dealkylation sites (tertiary alicyclic amines) is 1. The quantitative estimate of drug-likeness (QED) is 0.125. The average Bonchev–Trinajstić information content (AvgIpc) is 3.59. The summed E-state index contributed by atoms with van der Waals surface area (Å²) in [5.41, 5.74) is -1.02.